The third kappa shape index (κ3) is 2.35. The van der Waals surface area contributed by atoms with Gasteiger partial charge in [0, 0.05) is 45.8 Å². The number of rotatable bonds is 2. The van der Waals surface area contributed by atoms with Crippen LogP contribution in [0.3, 0.4) is 0 Å². The maximum absolute atomic E-state index is 12.3. The van der Waals surface area contributed by atoms with Crippen LogP contribution < -0.4 is 0 Å². The van der Waals surface area contributed by atoms with Crippen LogP contribution in [0.15, 0.2) is 42.0 Å². The topological polar surface area (TPSA) is 80.4 Å². The van der Waals surface area contributed by atoms with Crippen LogP contribution in [-0.4, -0.2) is 15.8 Å². The Morgan fingerprint density at radius 2 is 2.05 bits per heavy atom. The van der Waals surface area contributed by atoms with E-state index in [1.165, 1.54) is 30.3 Å². The number of hydrogen-bond donors (Lipinski definition) is 1. The number of Topliss-reactive ketones (excluding diaryl/α,β-unsaturated/α-hetero) is 1. The van der Waals surface area contributed by atoms with Gasteiger partial charge in [-0.2, -0.15) is 0 Å². The summed E-state index contributed by atoms with van der Waals surface area (Å²) in [4.78, 5) is 22.6. The normalized spacial score (nSPS) is 15.1. The Balaban J connectivity index is 2.05. The van der Waals surface area contributed by atoms with Crippen LogP contribution in [0.1, 0.15) is 21.5 Å². The van der Waals surface area contributed by atoms with Crippen molar-refractivity contribution in [2.24, 2.45) is 0 Å². The van der Waals surface area contributed by atoms with E-state index in [4.69, 9.17) is 11.6 Å². The number of carbonyl (C=O) groups is 1. The molecule has 0 amide bonds. The predicted octanol–water partition coefficient (Wildman–Crippen LogP) is 3.78. The molecule has 2 aromatic carbocycles. The number of nitro benzene ring substituents is 1. The zero-order chi connectivity index (χ0) is 15.9. The van der Waals surface area contributed by atoms with Crippen molar-refractivity contribution in [3.05, 3.63) is 73.8 Å². The van der Waals surface area contributed by atoms with Crippen LogP contribution in [-0.2, 0) is 6.42 Å². The lowest BCUT2D eigenvalue weighted by Gasteiger charge is -2.00. The number of hydrogen-bond acceptors (Lipinski definition) is 4. The predicted molar refractivity (Wildman–Crippen MR) is 82.2 cm³/mol. The van der Waals surface area contributed by atoms with E-state index in [1.54, 1.807) is 12.1 Å². The molecule has 1 aliphatic rings. The van der Waals surface area contributed by atoms with Gasteiger partial charge in [0.15, 0.2) is 5.78 Å². The van der Waals surface area contributed by atoms with Crippen LogP contribution in [0, 0.1) is 10.1 Å². The van der Waals surface area contributed by atoms with Crippen LogP contribution in [0.4, 0.5) is 5.69 Å². The Bertz CT molecular complexity index is 842. The molecule has 1 N–H and O–H groups in total. The van der Waals surface area contributed by atoms with Crippen molar-refractivity contribution in [3.63, 3.8) is 0 Å². The summed E-state index contributed by atoms with van der Waals surface area (Å²) >= 11 is 6.04. The second kappa shape index (κ2) is 5.27. The number of non-ortho nitro benzene ring substituents is 1. The van der Waals surface area contributed by atoms with E-state index in [1.807, 2.05) is 0 Å². The first-order valence-electron chi connectivity index (χ1n) is 6.47. The number of nitrogens with zero attached hydrogens (tertiary/aromatic N) is 1. The quantitative estimate of drug-likeness (QED) is 0.519. The summed E-state index contributed by atoms with van der Waals surface area (Å²) < 4.78 is 0. The summed E-state index contributed by atoms with van der Waals surface area (Å²) in [6.45, 7) is 0. The number of benzene rings is 2. The Kier molecular flexibility index (Phi) is 3.42. The van der Waals surface area contributed by atoms with Gasteiger partial charge in [0.2, 0.25) is 0 Å². The van der Waals surface area contributed by atoms with E-state index in [0.717, 1.165) is 0 Å². The van der Waals surface area contributed by atoms with Crippen LogP contribution in [0.25, 0.3) is 6.08 Å². The fraction of sp³-hybridized carbons (Fsp3) is 0.0625. The lowest BCUT2D eigenvalue weighted by atomic mass is 10.1. The smallest absolute Gasteiger partial charge is 0.270 e. The third-order valence-electron chi connectivity index (χ3n) is 3.57. The Hall–Kier alpha value is -2.66. The highest BCUT2D eigenvalue weighted by Crippen LogP contribution is 2.34. The zero-order valence-corrected chi connectivity index (χ0v) is 12.0. The van der Waals surface area contributed by atoms with E-state index < -0.39 is 4.92 Å². The first kappa shape index (κ1) is 14.3. The SMILES string of the molecule is O=C1/C(=C/c2cc([N+](=O)[O-])ccc2Cl)Cc2c(O)cccc21. The average molecular weight is 316 g/mol. The van der Waals surface area contributed by atoms with Crippen molar-refractivity contribution in [2.75, 3.05) is 0 Å². The highest BCUT2D eigenvalue weighted by Gasteiger charge is 2.27. The molecule has 0 saturated heterocycles. The van der Waals surface area contributed by atoms with Gasteiger partial charge in [-0.15, -0.1) is 0 Å². The highest BCUT2D eigenvalue weighted by molar-refractivity contribution is 6.32. The number of fused-ring (bicyclic) bond motifs is 1. The Morgan fingerprint density at radius 1 is 1.27 bits per heavy atom. The average Bonchev–Trinajstić information content (AvgIpc) is 2.80. The molecular weight excluding hydrogens is 306 g/mol. The third-order valence-corrected chi connectivity index (χ3v) is 3.92. The van der Waals surface area contributed by atoms with Gasteiger partial charge in [0.25, 0.3) is 5.69 Å². The molecule has 0 atom stereocenters. The van der Waals surface area contributed by atoms with Crippen LogP contribution in [0.5, 0.6) is 5.75 Å². The van der Waals surface area contributed by atoms with Gasteiger partial charge in [0.1, 0.15) is 5.75 Å². The van der Waals surface area contributed by atoms with E-state index in [9.17, 15) is 20.0 Å². The molecule has 0 heterocycles. The van der Waals surface area contributed by atoms with E-state index in [-0.39, 0.29) is 23.6 Å². The molecule has 22 heavy (non-hydrogen) atoms. The molecule has 2 aromatic rings. The monoisotopic (exact) mass is 315 g/mol. The molecule has 0 aromatic heterocycles. The number of aromatic hydroxyl groups is 1. The first-order chi connectivity index (χ1) is 10.5. The van der Waals surface area contributed by atoms with Gasteiger partial charge in [0.05, 0.1) is 4.92 Å². The number of ketones is 1. The number of allylic oxidation sites excluding steroid dienone is 1. The number of phenolic OH excluding ortho intramolecular Hbond substituents is 1. The second-order valence-corrected chi connectivity index (χ2v) is 5.35. The van der Waals surface area contributed by atoms with Gasteiger partial charge in [-0.05, 0) is 18.2 Å². The number of nitro groups is 1. The molecule has 1 aliphatic carbocycles. The minimum Gasteiger partial charge on any atom is -0.508 e. The van der Waals surface area contributed by atoms with Crippen molar-refractivity contribution in [1.29, 1.82) is 0 Å². The van der Waals surface area contributed by atoms with Crippen LogP contribution >= 0.6 is 11.6 Å². The molecule has 0 saturated carbocycles. The second-order valence-electron chi connectivity index (χ2n) is 4.94. The standard InChI is InChI=1S/C16H10ClNO4/c17-14-5-4-11(18(21)22)7-9(14)6-10-8-13-12(16(10)20)2-1-3-15(13)19/h1-7,19H,8H2/b10-6+. The largest absolute Gasteiger partial charge is 0.508 e. The summed E-state index contributed by atoms with van der Waals surface area (Å²) in [5.41, 5.74) is 1.78. The van der Waals surface area contributed by atoms with Crippen molar-refractivity contribution >= 4 is 29.1 Å². The van der Waals surface area contributed by atoms with Gasteiger partial charge < -0.3 is 5.11 Å². The number of carbonyl (C=O) groups excluding carboxylic acids is 1. The van der Waals surface area contributed by atoms with Gasteiger partial charge in [-0.3, -0.25) is 14.9 Å². The molecule has 6 heteroatoms. The first-order valence-corrected chi connectivity index (χ1v) is 6.85. The maximum atomic E-state index is 12.3. The van der Waals surface area contributed by atoms with Gasteiger partial charge in [-0.25, -0.2) is 0 Å². The molecule has 0 bridgehead atoms. The van der Waals surface area contributed by atoms with Crippen molar-refractivity contribution in [1.82, 2.24) is 0 Å². The van der Waals surface area contributed by atoms with Crippen molar-refractivity contribution in [3.8, 4) is 5.75 Å². The number of phenols is 1. The lowest BCUT2D eigenvalue weighted by Crippen LogP contribution is -1.95. The summed E-state index contributed by atoms with van der Waals surface area (Å²) in [6.07, 6.45) is 1.82. The fourth-order valence-electron chi connectivity index (χ4n) is 2.48. The molecule has 0 fully saturated rings. The Morgan fingerprint density at radius 3 is 2.73 bits per heavy atom. The highest BCUT2D eigenvalue weighted by atomic mass is 35.5. The number of halogens is 1. The molecular formula is C16H10ClNO4. The summed E-state index contributed by atoms with van der Waals surface area (Å²) in [5, 5.41) is 21.0. The summed E-state index contributed by atoms with van der Waals surface area (Å²) in [5.74, 6) is -0.132. The van der Waals surface area contributed by atoms with E-state index in [2.05, 4.69) is 0 Å². The summed E-state index contributed by atoms with van der Waals surface area (Å²) in [6, 6.07) is 8.83. The van der Waals surface area contributed by atoms with Crippen molar-refractivity contribution in [2.45, 2.75) is 6.42 Å². The van der Waals surface area contributed by atoms with Gasteiger partial charge >= 0.3 is 0 Å². The minimum atomic E-state index is -0.518. The molecule has 0 unspecified atom stereocenters. The molecule has 5 nitrogen and oxygen atoms in total. The van der Waals surface area contributed by atoms with Crippen LogP contribution in [0.2, 0.25) is 5.02 Å². The van der Waals surface area contributed by atoms with Crippen molar-refractivity contribution < 1.29 is 14.8 Å². The van der Waals surface area contributed by atoms with E-state index >= 15 is 0 Å². The molecule has 0 spiro atoms. The van der Waals surface area contributed by atoms with Gasteiger partial charge in [-0.1, -0.05) is 23.7 Å². The lowest BCUT2D eigenvalue weighted by molar-refractivity contribution is -0.384. The Labute approximate surface area is 130 Å². The zero-order valence-electron chi connectivity index (χ0n) is 11.2. The molecule has 110 valence electrons. The summed E-state index contributed by atoms with van der Waals surface area (Å²) in [7, 11) is 0. The fourth-order valence-corrected chi connectivity index (χ4v) is 2.65. The van der Waals surface area contributed by atoms with E-state index in [0.29, 0.717) is 27.3 Å². The maximum Gasteiger partial charge on any atom is 0.270 e. The molecule has 0 aliphatic heterocycles. The minimum absolute atomic E-state index is 0.0689. The molecule has 3 rings (SSSR count). The molecule has 0 radical (unpaired) electrons.